The fourth-order valence-electron chi connectivity index (χ4n) is 0.565. The summed E-state index contributed by atoms with van der Waals surface area (Å²) in [6, 6.07) is 0. The molecule has 0 aliphatic carbocycles. The second-order valence-electron chi connectivity index (χ2n) is 2.20. The lowest BCUT2D eigenvalue weighted by molar-refractivity contribution is -0.154. The Morgan fingerprint density at radius 1 is 0.929 bits per heavy atom. The summed E-state index contributed by atoms with van der Waals surface area (Å²) in [5.41, 5.74) is 10.2. The molecule has 0 rings (SSSR count). The summed E-state index contributed by atoms with van der Waals surface area (Å²) in [5.74, 6) is -1.26. The number of nitrogens with two attached hydrogens (primary N) is 2. The van der Waals surface area contributed by atoms with Crippen molar-refractivity contribution < 1.29 is 19.1 Å². The van der Waals surface area contributed by atoms with Crippen LogP contribution in [0.25, 0.3) is 0 Å². The molecule has 0 heterocycles. The maximum atomic E-state index is 10.8. The molecule has 0 aliphatic heterocycles. The van der Waals surface area contributed by atoms with E-state index in [0.717, 1.165) is 0 Å². The molecule has 0 aromatic carbocycles. The van der Waals surface area contributed by atoms with Gasteiger partial charge in [0.2, 0.25) is 0 Å². The van der Waals surface area contributed by atoms with Gasteiger partial charge in [-0.25, -0.2) is 0 Å². The first-order chi connectivity index (χ1) is 6.20. The van der Waals surface area contributed by atoms with Crippen LogP contribution in [0.15, 0.2) is 0 Å². The fraction of sp³-hybridized carbons (Fsp3) is 0.714. The van der Waals surface area contributed by atoms with Crippen LogP contribution in [-0.4, -0.2) is 38.2 Å². The number of carbonyl (C=O) groups is 2. The highest BCUT2D eigenvalue weighted by Gasteiger charge is 2.10. The predicted molar refractivity (Wildman–Crippen MR) is 51.9 cm³/mol. The van der Waals surface area contributed by atoms with Crippen molar-refractivity contribution in [1.82, 2.24) is 0 Å². The molecule has 14 heavy (non-hydrogen) atoms. The molecule has 0 amide bonds. The van der Waals surface area contributed by atoms with Gasteiger partial charge in [0, 0.05) is 13.1 Å². The van der Waals surface area contributed by atoms with Crippen LogP contribution >= 0.6 is 12.4 Å². The Hall–Kier alpha value is -0.850. The minimum Gasteiger partial charge on any atom is -0.464 e. The molecule has 0 unspecified atom stereocenters. The first kappa shape index (κ1) is 15.6. The van der Waals surface area contributed by atoms with Crippen molar-refractivity contribution in [2.45, 2.75) is 6.42 Å². The quantitative estimate of drug-likeness (QED) is 0.436. The van der Waals surface area contributed by atoms with Crippen LogP contribution in [-0.2, 0) is 19.1 Å². The van der Waals surface area contributed by atoms with Crippen molar-refractivity contribution in [3.8, 4) is 0 Å². The van der Waals surface area contributed by atoms with Gasteiger partial charge in [0.1, 0.15) is 19.6 Å². The summed E-state index contributed by atoms with van der Waals surface area (Å²) in [6.45, 7) is 0.708. The molecule has 0 aliphatic rings. The van der Waals surface area contributed by atoms with E-state index in [0.29, 0.717) is 0 Å². The zero-order chi connectivity index (χ0) is 10.1. The Morgan fingerprint density at radius 2 is 1.29 bits per heavy atom. The number of esters is 2. The third kappa shape index (κ3) is 9.24. The van der Waals surface area contributed by atoms with Crippen LogP contribution < -0.4 is 11.5 Å². The molecule has 0 spiro atoms. The average molecular weight is 227 g/mol. The third-order valence-corrected chi connectivity index (χ3v) is 1.05. The third-order valence-electron chi connectivity index (χ3n) is 1.05. The molecule has 0 saturated heterocycles. The highest BCUT2D eigenvalue weighted by molar-refractivity contribution is 5.91. The van der Waals surface area contributed by atoms with Crippen molar-refractivity contribution in [2.24, 2.45) is 11.5 Å². The van der Waals surface area contributed by atoms with Gasteiger partial charge in [-0.3, -0.25) is 9.59 Å². The van der Waals surface area contributed by atoms with Gasteiger partial charge in [-0.05, 0) is 0 Å². The van der Waals surface area contributed by atoms with Gasteiger partial charge in [-0.1, -0.05) is 0 Å². The molecule has 0 atom stereocenters. The number of ether oxygens (including phenoxy) is 2. The van der Waals surface area contributed by atoms with Crippen LogP contribution in [0.5, 0.6) is 0 Å². The largest absolute Gasteiger partial charge is 0.464 e. The number of rotatable bonds is 6. The molecule has 0 aromatic heterocycles. The van der Waals surface area contributed by atoms with Crippen LogP contribution in [0.2, 0.25) is 0 Å². The van der Waals surface area contributed by atoms with E-state index in [4.69, 9.17) is 11.5 Å². The van der Waals surface area contributed by atoms with Crippen molar-refractivity contribution in [3.63, 3.8) is 0 Å². The van der Waals surface area contributed by atoms with Crippen LogP contribution in [0.3, 0.4) is 0 Å². The highest BCUT2D eigenvalue weighted by Crippen LogP contribution is 1.89. The number of hydrogen-bond donors (Lipinski definition) is 2. The molecule has 0 fully saturated rings. The van der Waals surface area contributed by atoms with Crippen molar-refractivity contribution in [3.05, 3.63) is 0 Å². The SMILES string of the molecule is Cl.NCCOC(=O)CC(=O)OCCN. The molecular weight excluding hydrogens is 212 g/mol. The second-order valence-corrected chi connectivity index (χ2v) is 2.20. The Morgan fingerprint density at radius 3 is 1.57 bits per heavy atom. The zero-order valence-corrected chi connectivity index (χ0v) is 8.55. The maximum Gasteiger partial charge on any atom is 0.317 e. The lowest BCUT2D eigenvalue weighted by Gasteiger charge is -2.03. The van der Waals surface area contributed by atoms with Gasteiger partial charge < -0.3 is 20.9 Å². The molecule has 0 saturated carbocycles. The van der Waals surface area contributed by atoms with E-state index >= 15 is 0 Å². The maximum absolute atomic E-state index is 10.8. The molecule has 84 valence electrons. The van der Waals surface area contributed by atoms with E-state index in [1.54, 1.807) is 0 Å². The van der Waals surface area contributed by atoms with Gasteiger partial charge in [0.15, 0.2) is 0 Å². The highest BCUT2D eigenvalue weighted by atomic mass is 35.5. The predicted octanol–water partition coefficient (Wildman–Crippen LogP) is -1.20. The standard InChI is InChI=1S/C7H14N2O4.ClH/c8-1-3-12-6(10)5-7(11)13-4-2-9;/h1-5,8-9H2;1H. The average Bonchev–Trinajstić information content (AvgIpc) is 2.11. The van der Waals surface area contributed by atoms with E-state index in [9.17, 15) is 9.59 Å². The molecule has 0 aromatic rings. The van der Waals surface area contributed by atoms with E-state index in [1.807, 2.05) is 0 Å². The van der Waals surface area contributed by atoms with Crippen molar-refractivity contribution in [2.75, 3.05) is 26.3 Å². The molecule has 0 radical (unpaired) electrons. The molecule has 6 nitrogen and oxygen atoms in total. The molecule has 0 bridgehead atoms. The van der Waals surface area contributed by atoms with Gasteiger partial charge in [-0.2, -0.15) is 0 Å². The normalized spacial score (nSPS) is 8.71. The Balaban J connectivity index is 0. The first-order valence-corrected chi connectivity index (χ1v) is 3.92. The van der Waals surface area contributed by atoms with Crippen LogP contribution in [0, 0.1) is 0 Å². The summed E-state index contributed by atoms with van der Waals surface area (Å²) >= 11 is 0. The van der Waals surface area contributed by atoms with Gasteiger partial charge in [-0.15, -0.1) is 12.4 Å². The lowest BCUT2D eigenvalue weighted by atomic mass is 10.4. The summed E-state index contributed by atoms with van der Waals surface area (Å²) < 4.78 is 9.09. The fourth-order valence-corrected chi connectivity index (χ4v) is 0.565. The molecular formula is C7H15ClN2O4. The Bertz CT molecular complexity index is 159. The smallest absolute Gasteiger partial charge is 0.317 e. The summed E-state index contributed by atoms with van der Waals surface area (Å²) in [7, 11) is 0. The Labute approximate surface area is 88.3 Å². The minimum atomic E-state index is -0.632. The van der Waals surface area contributed by atoms with Crippen LogP contribution in [0.4, 0.5) is 0 Å². The summed E-state index contributed by atoms with van der Waals surface area (Å²) in [6.07, 6.45) is -0.389. The van der Waals surface area contributed by atoms with Crippen LogP contribution in [0.1, 0.15) is 6.42 Å². The number of carbonyl (C=O) groups excluding carboxylic acids is 2. The second kappa shape index (κ2) is 10.2. The lowest BCUT2D eigenvalue weighted by Crippen LogP contribution is -2.19. The van der Waals surface area contributed by atoms with E-state index in [-0.39, 0.29) is 45.1 Å². The van der Waals surface area contributed by atoms with Gasteiger partial charge in [0.05, 0.1) is 0 Å². The Kier molecular flexibility index (Phi) is 11.4. The van der Waals surface area contributed by atoms with E-state index in [1.165, 1.54) is 0 Å². The summed E-state index contributed by atoms with van der Waals surface area (Å²) in [4.78, 5) is 21.5. The van der Waals surface area contributed by atoms with E-state index in [2.05, 4.69) is 9.47 Å². The topological polar surface area (TPSA) is 105 Å². The molecule has 4 N–H and O–H groups in total. The monoisotopic (exact) mass is 226 g/mol. The number of hydrogen-bond acceptors (Lipinski definition) is 6. The minimum absolute atomic E-state index is 0. The first-order valence-electron chi connectivity index (χ1n) is 3.92. The summed E-state index contributed by atoms with van der Waals surface area (Å²) in [5, 5.41) is 0. The zero-order valence-electron chi connectivity index (χ0n) is 7.73. The number of halogens is 1. The van der Waals surface area contributed by atoms with Gasteiger partial charge in [0.25, 0.3) is 0 Å². The van der Waals surface area contributed by atoms with Gasteiger partial charge >= 0.3 is 11.9 Å². The molecule has 7 heteroatoms. The van der Waals surface area contributed by atoms with Crippen molar-refractivity contribution >= 4 is 24.3 Å². The van der Waals surface area contributed by atoms with Crippen molar-refractivity contribution in [1.29, 1.82) is 0 Å². The van der Waals surface area contributed by atoms with E-state index < -0.39 is 11.9 Å².